The number of aromatic nitrogens is 2. The maximum absolute atomic E-state index is 12.0. The van der Waals surface area contributed by atoms with E-state index in [9.17, 15) is 9.59 Å². The third-order valence-corrected chi connectivity index (χ3v) is 4.36. The summed E-state index contributed by atoms with van der Waals surface area (Å²) in [6, 6.07) is 8.75. The molecule has 0 atom stereocenters. The first kappa shape index (κ1) is 17.2. The number of nitrogens with zero attached hydrogens (tertiary/aromatic N) is 4. The number of rotatable bonds is 5. The van der Waals surface area contributed by atoms with Gasteiger partial charge in [0.05, 0.1) is 11.9 Å². The zero-order valence-corrected chi connectivity index (χ0v) is 14.4. The minimum absolute atomic E-state index is 0.107. The molecule has 0 bridgehead atoms. The lowest BCUT2D eigenvalue weighted by molar-refractivity contribution is -0.116. The standard InChI is InChI=1S/C18H23N5O2/c1-21-10-12-22(13-11-21)15-5-6-16(19-14-15)20-17(24)7-9-23-8-3-2-4-18(23)25/h2-6,8,14H,7,9-13H2,1H3,(H,19,20,24). The van der Waals surface area contributed by atoms with E-state index in [0.29, 0.717) is 12.4 Å². The van der Waals surface area contributed by atoms with Crippen molar-refractivity contribution in [3.05, 3.63) is 53.1 Å². The smallest absolute Gasteiger partial charge is 0.250 e. The molecule has 1 N–H and O–H groups in total. The van der Waals surface area contributed by atoms with Crippen LogP contribution in [-0.2, 0) is 11.3 Å². The molecule has 0 spiro atoms. The van der Waals surface area contributed by atoms with Gasteiger partial charge in [0.2, 0.25) is 5.91 Å². The summed E-state index contributed by atoms with van der Waals surface area (Å²) in [4.78, 5) is 32.6. The molecule has 2 aromatic heterocycles. The Labute approximate surface area is 146 Å². The third kappa shape index (κ3) is 4.67. The van der Waals surface area contributed by atoms with Crippen molar-refractivity contribution < 1.29 is 4.79 Å². The van der Waals surface area contributed by atoms with E-state index in [1.54, 1.807) is 24.5 Å². The second-order valence-electron chi connectivity index (χ2n) is 6.22. The van der Waals surface area contributed by atoms with E-state index in [2.05, 4.69) is 27.1 Å². The molecule has 0 saturated carbocycles. The maximum atomic E-state index is 12.0. The van der Waals surface area contributed by atoms with Crippen LogP contribution in [0, 0.1) is 0 Å². The number of nitrogens with one attached hydrogen (secondary N) is 1. The van der Waals surface area contributed by atoms with Crippen molar-refractivity contribution in [3.63, 3.8) is 0 Å². The van der Waals surface area contributed by atoms with Gasteiger partial charge in [-0.2, -0.15) is 0 Å². The summed E-state index contributed by atoms with van der Waals surface area (Å²) in [5, 5.41) is 2.78. The van der Waals surface area contributed by atoms with Crippen LogP contribution in [0.4, 0.5) is 11.5 Å². The van der Waals surface area contributed by atoms with Crippen molar-refractivity contribution in [3.8, 4) is 0 Å². The van der Waals surface area contributed by atoms with Crippen LogP contribution in [0.15, 0.2) is 47.5 Å². The van der Waals surface area contributed by atoms with Gasteiger partial charge in [-0.1, -0.05) is 6.07 Å². The van der Waals surface area contributed by atoms with Crippen LogP contribution in [0.3, 0.4) is 0 Å². The number of anilines is 2. The molecule has 1 aliphatic heterocycles. The molecule has 1 aliphatic rings. The fourth-order valence-electron chi connectivity index (χ4n) is 2.78. The first-order chi connectivity index (χ1) is 12.1. The van der Waals surface area contributed by atoms with Crippen LogP contribution in [0.5, 0.6) is 0 Å². The van der Waals surface area contributed by atoms with Gasteiger partial charge >= 0.3 is 0 Å². The van der Waals surface area contributed by atoms with Crippen molar-refractivity contribution >= 4 is 17.4 Å². The molecule has 25 heavy (non-hydrogen) atoms. The van der Waals surface area contributed by atoms with E-state index in [1.165, 1.54) is 10.6 Å². The van der Waals surface area contributed by atoms with E-state index in [0.717, 1.165) is 31.9 Å². The highest BCUT2D eigenvalue weighted by Gasteiger charge is 2.14. The van der Waals surface area contributed by atoms with Crippen molar-refractivity contribution in [2.24, 2.45) is 0 Å². The molecule has 132 valence electrons. The van der Waals surface area contributed by atoms with E-state index in [-0.39, 0.29) is 17.9 Å². The number of carbonyl (C=O) groups is 1. The van der Waals surface area contributed by atoms with Crippen LogP contribution in [0.1, 0.15) is 6.42 Å². The molecule has 7 heteroatoms. The Morgan fingerprint density at radius 3 is 2.64 bits per heavy atom. The Balaban J connectivity index is 1.52. The lowest BCUT2D eigenvalue weighted by atomic mass is 10.3. The van der Waals surface area contributed by atoms with Crippen molar-refractivity contribution in [2.45, 2.75) is 13.0 Å². The molecule has 0 radical (unpaired) electrons. The monoisotopic (exact) mass is 341 g/mol. The average Bonchev–Trinajstić information content (AvgIpc) is 2.62. The highest BCUT2D eigenvalue weighted by Crippen LogP contribution is 2.16. The first-order valence-corrected chi connectivity index (χ1v) is 8.47. The molecule has 0 unspecified atom stereocenters. The Morgan fingerprint density at radius 2 is 1.96 bits per heavy atom. The molecule has 0 aromatic carbocycles. The molecular weight excluding hydrogens is 318 g/mol. The molecule has 1 fully saturated rings. The summed E-state index contributed by atoms with van der Waals surface area (Å²) in [7, 11) is 2.12. The summed E-state index contributed by atoms with van der Waals surface area (Å²) in [6.07, 6.45) is 3.70. The molecule has 1 saturated heterocycles. The number of aryl methyl sites for hydroxylation is 1. The summed E-state index contributed by atoms with van der Waals surface area (Å²) in [5.74, 6) is 0.374. The number of hydrogen-bond acceptors (Lipinski definition) is 5. The Bertz CT molecular complexity index is 764. The predicted molar refractivity (Wildman–Crippen MR) is 97.9 cm³/mol. The number of hydrogen-bond donors (Lipinski definition) is 1. The fraction of sp³-hybridized carbons (Fsp3) is 0.389. The van der Waals surface area contributed by atoms with E-state index in [1.807, 2.05) is 12.1 Å². The SMILES string of the molecule is CN1CCN(c2ccc(NC(=O)CCn3ccccc3=O)nc2)CC1. The van der Waals surface area contributed by atoms with Gasteiger partial charge in [-0.15, -0.1) is 0 Å². The van der Waals surface area contributed by atoms with E-state index < -0.39 is 0 Å². The van der Waals surface area contributed by atoms with Gasteiger partial charge in [0, 0.05) is 51.4 Å². The maximum Gasteiger partial charge on any atom is 0.250 e. The minimum atomic E-state index is -0.157. The van der Waals surface area contributed by atoms with Gasteiger partial charge in [0.25, 0.3) is 5.56 Å². The Hall–Kier alpha value is -2.67. The lowest BCUT2D eigenvalue weighted by Gasteiger charge is -2.33. The Morgan fingerprint density at radius 1 is 1.16 bits per heavy atom. The van der Waals surface area contributed by atoms with Crippen LogP contribution < -0.4 is 15.8 Å². The van der Waals surface area contributed by atoms with Gasteiger partial charge in [-0.05, 0) is 25.2 Å². The first-order valence-electron chi connectivity index (χ1n) is 8.47. The zero-order chi connectivity index (χ0) is 17.6. The fourth-order valence-corrected chi connectivity index (χ4v) is 2.78. The minimum Gasteiger partial charge on any atom is -0.368 e. The molecular formula is C18H23N5O2. The number of likely N-dealkylation sites (N-methyl/N-ethyl adjacent to an activating group) is 1. The van der Waals surface area contributed by atoms with Crippen molar-refractivity contribution in [1.29, 1.82) is 0 Å². The van der Waals surface area contributed by atoms with Crippen molar-refractivity contribution in [1.82, 2.24) is 14.5 Å². The summed E-state index contributed by atoms with van der Waals surface area (Å²) < 4.78 is 1.52. The highest BCUT2D eigenvalue weighted by molar-refractivity contribution is 5.89. The van der Waals surface area contributed by atoms with E-state index in [4.69, 9.17) is 0 Å². The molecule has 3 rings (SSSR count). The quantitative estimate of drug-likeness (QED) is 0.879. The second kappa shape index (κ2) is 7.94. The summed E-state index contributed by atoms with van der Waals surface area (Å²) in [5.41, 5.74) is 0.965. The number of amides is 1. The number of carbonyl (C=O) groups excluding carboxylic acids is 1. The molecule has 1 amide bonds. The van der Waals surface area contributed by atoms with Crippen LogP contribution >= 0.6 is 0 Å². The number of pyridine rings is 2. The van der Waals surface area contributed by atoms with Gasteiger partial charge < -0.3 is 19.7 Å². The average molecular weight is 341 g/mol. The Kier molecular flexibility index (Phi) is 5.45. The largest absolute Gasteiger partial charge is 0.368 e. The topological polar surface area (TPSA) is 70.5 Å². The molecule has 7 nitrogen and oxygen atoms in total. The van der Waals surface area contributed by atoms with Gasteiger partial charge in [0.15, 0.2) is 0 Å². The number of piperazine rings is 1. The lowest BCUT2D eigenvalue weighted by Crippen LogP contribution is -2.44. The molecule has 3 heterocycles. The van der Waals surface area contributed by atoms with Gasteiger partial charge in [0.1, 0.15) is 5.82 Å². The van der Waals surface area contributed by atoms with Gasteiger partial charge in [-0.25, -0.2) is 4.98 Å². The van der Waals surface area contributed by atoms with Crippen LogP contribution in [-0.4, -0.2) is 53.6 Å². The normalized spacial score (nSPS) is 15.2. The summed E-state index contributed by atoms with van der Waals surface area (Å²) >= 11 is 0. The van der Waals surface area contributed by atoms with E-state index >= 15 is 0 Å². The third-order valence-electron chi connectivity index (χ3n) is 4.36. The van der Waals surface area contributed by atoms with Crippen molar-refractivity contribution in [2.75, 3.05) is 43.4 Å². The van der Waals surface area contributed by atoms with Crippen LogP contribution in [0.2, 0.25) is 0 Å². The predicted octanol–water partition coefficient (Wildman–Crippen LogP) is 1.02. The summed E-state index contributed by atoms with van der Waals surface area (Å²) in [6.45, 7) is 4.39. The molecule has 2 aromatic rings. The van der Waals surface area contributed by atoms with Gasteiger partial charge in [-0.3, -0.25) is 9.59 Å². The van der Waals surface area contributed by atoms with Crippen LogP contribution in [0.25, 0.3) is 0 Å². The zero-order valence-electron chi connectivity index (χ0n) is 14.4. The molecule has 0 aliphatic carbocycles. The second-order valence-corrected chi connectivity index (χ2v) is 6.22. The highest BCUT2D eigenvalue weighted by atomic mass is 16.2.